The van der Waals surface area contributed by atoms with Gasteiger partial charge in [-0.05, 0) is 47.4 Å². The van der Waals surface area contributed by atoms with E-state index < -0.39 is 36.7 Å². The average Bonchev–Trinajstić information content (AvgIpc) is 2.85. The van der Waals surface area contributed by atoms with Crippen molar-refractivity contribution in [1.29, 1.82) is 0 Å². The number of hydrogen-bond donors (Lipinski definition) is 4. The lowest BCUT2D eigenvalue weighted by molar-refractivity contribution is -0.271. The third-order valence-corrected chi connectivity index (χ3v) is 5.57. The van der Waals surface area contributed by atoms with Crippen LogP contribution in [0.2, 0.25) is 0 Å². The molecule has 0 radical (unpaired) electrons. The van der Waals surface area contributed by atoms with Gasteiger partial charge in [0.1, 0.15) is 36.4 Å². The number of aliphatic hydroxyl groups is 3. The second-order valence-corrected chi connectivity index (χ2v) is 8.09. The monoisotopic (exact) mass is 466 g/mol. The highest BCUT2D eigenvalue weighted by molar-refractivity contribution is 5.73. The molecule has 34 heavy (non-hydrogen) atoms. The third-order valence-electron chi connectivity index (χ3n) is 5.57. The summed E-state index contributed by atoms with van der Waals surface area (Å²) in [7, 11) is 0. The van der Waals surface area contributed by atoms with Crippen molar-refractivity contribution in [1.82, 2.24) is 0 Å². The minimum absolute atomic E-state index is 0.324. The minimum Gasteiger partial charge on any atom is -0.489 e. The van der Waals surface area contributed by atoms with Crippen LogP contribution in [-0.4, -0.2) is 57.1 Å². The first-order chi connectivity index (χ1) is 16.4. The molecule has 1 saturated heterocycles. The van der Waals surface area contributed by atoms with Gasteiger partial charge in [-0.3, -0.25) is 0 Å². The third kappa shape index (κ3) is 5.73. The SMILES string of the molecule is O=C(O)[C@H]1O[C@@H](Oc2ccc(Cc3ccc(OCc4ccccc4)cc3)cc2)[C@H](O)[C@@H](O)[C@@H]1O. The van der Waals surface area contributed by atoms with Gasteiger partial charge in [-0.2, -0.15) is 0 Å². The topological polar surface area (TPSA) is 126 Å². The van der Waals surface area contributed by atoms with Gasteiger partial charge in [0.05, 0.1) is 0 Å². The van der Waals surface area contributed by atoms with Gasteiger partial charge < -0.3 is 34.6 Å². The van der Waals surface area contributed by atoms with Crippen molar-refractivity contribution in [3.8, 4) is 11.5 Å². The molecule has 1 fully saturated rings. The summed E-state index contributed by atoms with van der Waals surface area (Å²) in [6.45, 7) is 0.504. The van der Waals surface area contributed by atoms with E-state index >= 15 is 0 Å². The molecule has 0 bridgehead atoms. The van der Waals surface area contributed by atoms with E-state index in [2.05, 4.69) is 0 Å². The maximum absolute atomic E-state index is 11.2. The van der Waals surface area contributed by atoms with Crippen molar-refractivity contribution < 1.29 is 39.4 Å². The summed E-state index contributed by atoms with van der Waals surface area (Å²) in [6.07, 6.45) is -7.54. The molecule has 0 unspecified atom stereocenters. The van der Waals surface area contributed by atoms with Crippen LogP contribution >= 0.6 is 0 Å². The van der Waals surface area contributed by atoms with Gasteiger partial charge in [0, 0.05) is 0 Å². The summed E-state index contributed by atoms with van der Waals surface area (Å²) in [5.41, 5.74) is 3.20. The largest absolute Gasteiger partial charge is 0.489 e. The van der Waals surface area contributed by atoms with Crippen molar-refractivity contribution in [2.45, 2.75) is 43.7 Å². The van der Waals surface area contributed by atoms with E-state index in [9.17, 15) is 20.1 Å². The Bertz CT molecular complexity index is 1070. The summed E-state index contributed by atoms with van der Waals surface area (Å²) in [6, 6.07) is 24.8. The molecule has 8 heteroatoms. The fourth-order valence-electron chi connectivity index (χ4n) is 3.65. The minimum atomic E-state index is -1.76. The zero-order chi connectivity index (χ0) is 24.1. The molecule has 0 amide bonds. The standard InChI is InChI=1S/C26H26O8/c27-21-22(28)24(25(30)31)34-26(23(21)29)33-20-12-8-17(9-13-20)14-16-6-10-19(11-7-16)32-15-18-4-2-1-3-5-18/h1-13,21-24,26-29H,14-15H2,(H,30,31)/t21-,22-,23+,24-,26+/m0/s1. The van der Waals surface area contributed by atoms with E-state index in [1.807, 2.05) is 66.7 Å². The Hall–Kier alpha value is -3.43. The zero-order valence-electron chi connectivity index (χ0n) is 18.2. The molecule has 0 spiro atoms. The predicted molar refractivity (Wildman–Crippen MR) is 121 cm³/mol. The molecule has 3 aromatic rings. The number of carboxylic acid groups (broad SMARTS) is 1. The van der Waals surface area contributed by atoms with Crippen LogP contribution in [0.1, 0.15) is 16.7 Å². The molecule has 1 heterocycles. The first-order valence-corrected chi connectivity index (χ1v) is 10.8. The summed E-state index contributed by atoms with van der Waals surface area (Å²) >= 11 is 0. The summed E-state index contributed by atoms with van der Waals surface area (Å²) in [4.78, 5) is 11.2. The van der Waals surface area contributed by atoms with E-state index in [1.165, 1.54) is 0 Å². The van der Waals surface area contributed by atoms with Crippen LogP contribution in [0.25, 0.3) is 0 Å². The highest BCUT2D eigenvalue weighted by Crippen LogP contribution is 2.25. The van der Waals surface area contributed by atoms with Gasteiger partial charge >= 0.3 is 5.97 Å². The van der Waals surface area contributed by atoms with E-state index in [1.54, 1.807) is 12.1 Å². The lowest BCUT2D eigenvalue weighted by atomic mass is 9.99. The number of aliphatic hydroxyl groups excluding tert-OH is 3. The highest BCUT2D eigenvalue weighted by Gasteiger charge is 2.48. The van der Waals surface area contributed by atoms with Crippen LogP contribution in [0.3, 0.4) is 0 Å². The highest BCUT2D eigenvalue weighted by atomic mass is 16.7. The Balaban J connectivity index is 1.32. The van der Waals surface area contributed by atoms with Crippen LogP contribution in [0, 0.1) is 0 Å². The summed E-state index contributed by atoms with van der Waals surface area (Å²) < 4.78 is 16.5. The molecule has 0 aliphatic carbocycles. The van der Waals surface area contributed by atoms with Crippen LogP contribution in [0.15, 0.2) is 78.9 Å². The van der Waals surface area contributed by atoms with Crippen LogP contribution in [-0.2, 0) is 22.6 Å². The second kappa shape index (κ2) is 10.7. The molecule has 5 atom stereocenters. The van der Waals surface area contributed by atoms with Crippen molar-refractivity contribution in [2.24, 2.45) is 0 Å². The van der Waals surface area contributed by atoms with Gasteiger partial charge in [0.2, 0.25) is 6.29 Å². The van der Waals surface area contributed by atoms with Crippen LogP contribution in [0.5, 0.6) is 11.5 Å². The second-order valence-electron chi connectivity index (χ2n) is 8.09. The number of hydrogen-bond acceptors (Lipinski definition) is 7. The van der Waals surface area contributed by atoms with E-state index in [0.29, 0.717) is 18.8 Å². The van der Waals surface area contributed by atoms with Crippen molar-refractivity contribution in [3.05, 3.63) is 95.6 Å². The zero-order valence-corrected chi connectivity index (χ0v) is 18.2. The molecule has 0 aromatic heterocycles. The normalized spacial score (nSPS) is 24.4. The van der Waals surface area contributed by atoms with E-state index in [0.717, 1.165) is 22.4 Å². The van der Waals surface area contributed by atoms with Gasteiger partial charge in [0.15, 0.2) is 6.10 Å². The first kappa shape index (κ1) is 23.7. The lowest BCUT2D eigenvalue weighted by Gasteiger charge is -2.38. The molecule has 4 rings (SSSR count). The molecule has 8 nitrogen and oxygen atoms in total. The van der Waals surface area contributed by atoms with E-state index in [4.69, 9.17) is 19.3 Å². The number of carbonyl (C=O) groups is 1. The number of aliphatic carboxylic acids is 1. The summed E-state index contributed by atoms with van der Waals surface area (Å²) in [5, 5.41) is 38.9. The molecular weight excluding hydrogens is 440 g/mol. The predicted octanol–water partition coefficient (Wildman–Crippen LogP) is 2.13. The molecule has 3 aromatic carbocycles. The van der Waals surface area contributed by atoms with Gasteiger partial charge in [0.25, 0.3) is 0 Å². The quantitative estimate of drug-likeness (QED) is 0.398. The molecular formula is C26H26O8. The fraction of sp³-hybridized carbons (Fsp3) is 0.269. The van der Waals surface area contributed by atoms with Crippen LogP contribution in [0.4, 0.5) is 0 Å². The van der Waals surface area contributed by atoms with Gasteiger partial charge in [-0.25, -0.2) is 4.79 Å². The van der Waals surface area contributed by atoms with Gasteiger partial charge in [-0.15, -0.1) is 0 Å². The molecule has 178 valence electrons. The summed E-state index contributed by atoms with van der Waals surface area (Å²) in [5.74, 6) is -0.349. The number of rotatable bonds is 8. The number of ether oxygens (including phenoxy) is 3. The van der Waals surface area contributed by atoms with Crippen molar-refractivity contribution in [3.63, 3.8) is 0 Å². The maximum Gasteiger partial charge on any atom is 0.335 e. The number of carboxylic acids is 1. The van der Waals surface area contributed by atoms with Crippen molar-refractivity contribution in [2.75, 3.05) is 0 Å². The maximum atomic E-state index is 11.2. The lowest BCUT2D eigenvalue weighted by Crippen LogP contribution is -2.61. The average molecular weight is 466 g/mol. The Morgan fingerprint density at radius 3 is 1.91 bits per heavy atom. The Kier molecular flexibility index (Phi) is 7.44. The Labute approximate surface area is 196 Å². The van der Waals surface area contributed by atoms with Gasteiger partial charge in [-0.1, -0.05) is 54.6 Å². The number of benzene rings is 3. The Morgan fingerprint density at radius 2 is 1.32 bits per heavy atom. The molecule has 4 N–H and O–H groups in total. The first-order valence-electron chi connectivity index (χ1n) is 10.8. The van der Waals surface area contributed by atoms with E-state index in [-0.39, 0.29) is 0 Å². The molecule has 1 aliphatic rings. The molecule has 0 saturated carbocycles. The Morgan fingerprint density at radius 1 is 0.735 bits per heavy atom. The van der Waals surface area contributed by atoms with Crippen LogP contribution < -0.4 is 9.47 Å². The van der Waals surface area contributed by atoms with Crippen molar-refractivity contribution >= 4 is 5.97 Å². The molecule has 1 aliphatic heterocycles. The fourth-order valence-corrected chi connectivity index (χ4v) is 3.65. The smallest absolute Gasteiger partial charge is 0.335 e.